The Kier molecular flexibility index (Phi) is 10.6. The van der Waals surface area contributed by atoms with E-state index in [1.54, 1.807) is 54.7 Å². The Morgan fingerprint density at radius 3 is 1.74 bits per heavy atom. The average molecular weight is 586 g/mol. The predicted octanol–water partition coefficient (Wildman–Crippen LogP) is 1.05. The van der Waals surface area contributed by atoms with Gasteiger partial charge in [-0.05, 0) is 22.8 Å². The number of nitrogens with two attached hydrogens (primary N) is 1. The lowest BCUT2D eigenvalue weighted by Crippen LogP contribution is -2.58. The Morgan fingerprint density at radius 1 is 0.674 bits per heavy atom. The van der Waals surface area contributed by atoms with Crippen molar-refractivity contribution >= 4 is 34.6 Å². The third-order valence-corrected chi connectivity index (χ3v) is 7.08. The van der Waals surface area contributed by atoms with Crippen molar-refractivity contribution < 1.29 is 29.4 Å². The van der Waals surface area contributed by atoms with Gasteiger partial charge in [-0.25, -0.2) is 4.79 Å². The Labute approximate surface area is 248 Å². The summed E-state index contributed by atoms with van der Waals surface area (Å²) in [5.74, 6) is -3.32. The summed E-state index contributed by atoms with van der Waals surface area (Å²) in [6, 6.07) is 20.5. The number of benzene rings is 3. The Bertz CT molecular complexity index is 1540. The van der Waals surface area contributed by atoms with Crippen LogP contribution in [0.3, 0.4) is 0 Å². The molecule has 0 aliphatic rings. The topological polar surface area (TPSA) is 187 Å². The molecule has 224 valence electrons. The van der Waals surface area contributed by atoms with E-state index >= 15 is 0 Å². The molecule has 0 aliphatic carbocycles. The lowest BCUT2D eigenvalue weighted by molar-refractivity contribution is -0.142. The minimum absolute atomic E-state index is 0.0431. The first kappa shape index (κ1) is 30.9. The van der Waals surface area contributed by atoms with Gasteiger partial charge in [-0.3, -0.25) is 14.4 Å². The van der Waals surface area contributed by atoms with Crippen molar-refractivity contribution in [3.8, 4) is 0 Å². The van der Waals surface area contributed by atoms with Gasteiger partial charge in [0.15, 0.2) is 0 Å². The number of rotatable bonds is 14. The highest BCUT2D eigenvalue weighted by Gasteiger charge is 2.31. The van der Waals surface area contributed by atoms with Gasteiger partial charge in [-0.2, -0.15) is 0 Å². The monoisotopic (exact) mass is 585 g/mol. The van der Waals surface area contributed by atoms with Gasteiger partial charge in [0.2, 0.25) is 17.7 Å². The Morgan fingerprint density at radius 2 is 1.16 bits per heavy atom. The number of carbonyl (C=O) groups is 4. The summed E-state index contributed by atoms with van der Waals surface area (Å²) in [6.45, 7) is -0.616. The van der Waals surface area contributed by atoms with Crippen molar-refractivity contribution in [3.63, 3.8) is 0 Å². The third kappa shape index (κ3) is 8.51. The molecule has 0 spiro atoms. The molecule has 8 N–H and O–H groups in total. The molecule has 43 heavy (non-hydrogen) atoms. The maximum absolute atomic E-state index is 13.7. The van der Waals surface area contributed by atoms with E-state index in [0.29, 0.717) is 0 Å². The van der Waals surface area contributed by atoms with Crippen molar-refractivity contribution in [2.75, 3.05) is 6.61 Å². The number of amides is 3. The standard InChI is InChI=1S/C32H35N5O6/c33-24(19-38)29(39)35-26(15-20-9-3-1-4-10-20)30(40)36-27(17-22-18-34-25-14-8-7-13-23(22)25)31(41)37-28(32(42)43)16-21-11-5-2-6-12-21/h1-14,18,24,26-28,34,38H,15-17,19,33H2,(H,35,39)(H,36,40)(H,37,41)(H,42,43). The molecule has 4 rings (SSSR count). The minimum Gasteiger partial charge on any atom is -0.480 e. The fraction of sp³-hybridized carbons (Fsp3) is 0.250. The number of aromatic nitrogens is 1. The zero-order valence-corrected chi connectivity index (χ0v) is 23.4. The van der Waals surface area contributed by atoms with Gasteiger partial charge in [-0.15, -0.1) is 0 Å². The molecular formula is C32H35N5O6. The predicted molar refractivity (Wildman–Crippen MR) is 161 cm³/mol. The van der Waals surface area contributed by atoms with Crippen LogP contribution in [0.4, 0.5) is 0 Å². The summed E-state index contributed by atoms with van der Waals surface area (Å²) in [5, 5.41) is 28.0. The number of aliphatic carboxylic acids is 1. The fourth-order valence-electron chi connectivity index (χ4n) is 4.74. The van der Waals surface area contributed by atoms with E-state index in [2.05, 4.69) is 20.9 Å². The summed E-state index contributed by atoms with van der Waals surface area (Å²) in [7, 11) is 0. The SMILES string of the molecule is NC(CO)C(=O)NC(Cc1ccccc1)C(=O)NC(Cc1c[nH]c2ccccc12)C(=O)NC(Cc1ccccc1)C(=O)O. The van der Waals surface area contributed by atoms with Crippen LogP contribution in [0.15, 0.2) is 91.1 Å². The van der Waals surface area contributed by atoms with Gasteiger partial charge in [0.05, 0.1) is 6.61 Å². The van der Waals surface area contributed by atoms with Gasteiger partial charge in [0.25, 0.3) is 0 Å². The molecule has 11 nitrogen and oxygen atoms in total. The first-order valence-electron chi connectivity index (χ1n) is 13.9. The number of fused-ring (bicyclic) bond motifs is 1. The lowest BCUT2D eigenvalue weighted by atomic mass is 10.0. The summed E-state index contributed by atoms with van der Waals surface area (Å²) >= 11 is 0. The summed E-state index contributed by atoms with van der Waals surface area (Å²) in [4.78, 5) is 55.2. The molecule has 0 bridgehead atoms. The molecule has 4 unspecified atom stereocenters. The molecule has 0 saturated carbocycles. The number of para-hydroxylation sites is 1. The highest BCUT2D eigenvalue weighted by atomic mass is 16.4. The molecule has 4 atom stereocenters. The van der Waals surface area contributed by atoms with Crippen LogP contribution in [0.1, 0.15) is 16.7 Å². The van der Waals surface area contributed by atoms with Crippen LogP contribution in [0.25, 0.3) is 10.9 Å². The second kappa shape index (κ2) is 14.8. The van der Waals surface area contributed by atoms with Gasteiger partial charge >= 0.3 is 5.97 Å². The van der Waals surface area contributed by atoms with Gasteiger partial charge in [-0.1, -0.05) is 78.9 Å². The van der Waals surface area contributed by atoms with E-state index in [4.69, 9.17) is 5.73 Å². The van der Waals surface area contributed by atoms with Crippen LogP contribution in [-0.4, -0.2) is 69.7 Å². The molecule has 0 saturated heterocycles. The molecule has 0 aliphatic heterocycles. The quantitative estimate of drug-likeness (QED) is 0.115. The number of aromatic amines is 1. The Hall–Kier alpha value is -5.00. The normalized spacial score (nSPS) is 13.8. The van der Waals surface area contributed by atoms with Gasteiger partial charge < -0.3 is 36.9 Å². The first-order valence-corrected chi connectivity index (χ1v) is 13.9. The number of carbonyl (C=O) groups excluding carboxylic acids is 3. The van der Waals surface area contributed by atoms with E-state index in [1.807, 2.05) is 36.4 Å². The van der Waals surface area contributed by atoms with Crippen molar-refractivity contribution in [1.82, 2.24) is 20.9 Å². The molecule has 1 heterocycles. The molecule has 11 heteroatoms. The largest absolute Gasteiger partial charge is 0.480 e. The van der Waals surface area contributed by atoms with E-state index in [0.717, 1.165) is 27.6 Å². The van der Waals surface area contributed by atoms with Crippen LogP contribution >= 0.6 is 0 Å². The van der Waals surface area contributed by atoms with Gasteiger partial charge in [0.1, 0.15) is 24.2 Å². The average Bonchev–Trinajstić information content (AvgIpc) is 3.43. The summed E-state index contributed by atoms with van der Waals surface area (Å²) in [6.07, 6.45) is 1.91. The fourth-order valence-corrected chi connectivity index (χ4v) is 4.74. The van der Waals surface area contributed by atoms with Crippen molar-refractivity contribution in [2.24, 2.45) is 5.73 Å². The maximum Gasteiger partial charge on any atom is 0.326 e. The zero-order valence-electron chi connectivity index (χ0n) is 23.4. The number of hydrogen-bond donors (Lipinski definition) is 7. The highest BCUT2D eigenvalue weighted by Crippen LogP contribution is 2.19. The highest BCUT2D eigenvalue weighted by molar-refractivity contribution is 5.95. The molecule has 1 aromatic heterocycles. The van der Waals surface area contributed by atoms with Crippen molar-refractivity contribution in [3.05, 3.63) is 108 Å². The van der Waals surface area contributed by atoms with Crippen LogP contribution in [-0.2, 0) is 38.4 Å². The molecule has 0 radical (unpaired) electrons. The second-order valence-corrected chi connectivity index (χ2v) is 10.3. The van der Waals surface area contributed by atoms with Crippen LogP contribution in [0.5, 0.6) is 0 Å². The van der Waals surface area contributed by atoms with Gasteiger partial charge in [0, 0.05) is 36.4 Å². The number of aliphatic hydroxyl groups is 1. The van der Waals surface area contributed by atoms with Crippen LogP contribution in [0.2, 0.25) is 0 Å². The molecule has 4 aromatic rings. The number of carboxylic acid groups (broad SMARTS) is 1. The van der Waals surface area contributed by atoms with E-state index < -0.39 is 54.5 Å². The molecule has 0 fully saturated rings. The third-order valence-electron chi connectivity index (χ3n) is 7.08. The molecular weight excluding hydrogens is 550 g/mol. The number of carboxylic acids is 1. The van der Waals surface area contributed by atoms with E-state index in [-0.39, 0.29) is 19.3 Å². The number of hydrogen-bond acceptors (Lipinski definition) is 6. The lowest BCUT2D eigenvalue weighted by Gasteiger charge is -2.25. The molecule has 3 amide bonds. The smallest absolute Gasteiger partial charge is 0.326 e. The molecule has 3 aromatic carbocycles. The summed E-state index contributed by atoms with van der Waals surface area (Å²) in [5.41, 5.74) is 8.71. The first-order chi connectivity index (χ1) is 20.7. The minimum atomic E-state index is -1.25. The number of aliphatic hydroxyl groups excluding tert-OH is 1. The van der Waals surface area contributed by atoms with Crippen LogP contribution in [0, 0.1) is 0 Å². The second-order valence-electron chi connectivity index (χ2n) is 10.3. The van der Waals surface area contributed by atoms with Crippen LogP contribution < -0.4 is 21.7 Å². The number of nitrogens with one attached hydrogen (secondary N) is 4. The zero-order chi connectivity index (χ0) is 30.8. The van der Waals surface area contributed by atoms with Crippen molar-refractivity contribution in [1.29, 1.82) is 0 Å². The van der Waals surface area contributed by atoms with E-state index in [9.17, 15) is 29.4 Å². The maximum atomic E-state index is 13.7. The van der Waals surface area contributed by atoms with E-state index in [1.165, 1.54) is 0 Å². The summed E-state index contributed by atoms with van der Waals surface area (Å²) < 4.78 is 0. The van der Waals surface area contributed by atoms with Crippen molar-refractivity contribution in [2.45, 2.75) is 43.4 Å². The Balaban J connectivity index is 1.60. The number of H-pyrrole nitrogens is 1.